The number of amidine groups is 1. The first kappa shape index (κ1) is 23.1. The van der Waals surface area contributed by atoms with E-state index in [4.69, 9.17) is 38.4 Å². The molecule has 2 amide bonds. The molecule has 1 saturated heterocycles. The minimum Gasteiger partial charge on any atom is -0.434 e. The van der Waals surface area contributed by atoms with E-state index in [0.29, 0.717) is 25.0 Å². The zero-order chi connectivity index (χ0) is 23.9. The Morgan fingerprint density at radius 1 is 1.27 bits per heavy atom. The number of hydrazone groups is 1. The van der Waals surface area contributed by atoms with Crippen LogP contribution in [0.2, 0.25) is 10.0 Å². The van der Waals surface area contributed by atoms with E-state index in [1.165, 1.54) is 12.1 Å². The molecule has 0 aliphatic carbocycles. The molecule has 4 rings (SSSR count). The van der Waals surface area contributed by atoms with Crippen LogP contribution < -0.4 is 26.4 Å². The van der Waals surface area contributed by atoms with Crippen molar-refractivity contribution in [3.05, 3.63) is 56.4 Å². The van der Waals surface area contributed by atoms with Crippen LogP contribution in [0, 0.1) is 0 Å². The van der Waals surface area contributed by atoms with Crippen LogP contribution in [0.25, 0.3) is 0 Å². The van der Waals surface area contributed by atoms with Crippen molar-refractivity contribution in [3.63, 3.8) is 0 Å². The molecule has 1 unspecified atom stereocenters. The number of anilines is 1. The molecule has 1 aromatic carbocycles. The summed E-state index contributed by atoms with van der Waals surface area (Å²) in [5.41, 5.74) is 6.14. The van der Waals surface area contributed by atoms with Crippen molar-refractivity contribution >= 4 is 40.8 Å². The van der Waals surface area contributed by atoms with E-state index in [2.05, 4.69) is 27.2 Å². The van der Waals surface area contributed by atoms with Crippen LogP contribution >= 0.6 is 23.2 Å². The first-order chi connectivity index (χ1) is 15.5. The molecule has 2 aromatic rings. The Morgan fingerprint density at radius 3 is 2.64 bits per heavy atom. The van der Waals surface area contributed by atoms with E-state index in [0.717, 1.165) is 5.01 Å². The Hall–Kier alpha value is -3.08. The summed E-state index contributed by atoms with van der Waals surface area (Å²) in [6, 6.07) is 3.91. The zero-order valence-corrected chi connectivity index (χ0v) is 19.5. The Balaban J connectivity index is 1.62. The molecule has 0 bridgehead atoms. The Labute approximate surface area is 199 Å². The van der Waals surface area contributed by atoms with Crippen LogP contribution in [0.15, 0.2) is 40.4 Å². The van der Waals surface area contributed by atoms with Gasteiger partial charge >= 0.3 is 6.03 Å². The van der Waals surface area contributed by atoms with Gasteiger partial charge in [0.05, 0.1) is 27.0 Å². The van der Waals surface area contributed by atoms with Gasteiger partial charge in [0.1, 0.15) is 0 Å². The summed E-state index contributed by atoms with van der Waals surface area (Å²) in [5.74, 6) is 0.272. The predicted molar refractivity (Wildman–Crippen MR) is 125 cm³/mol. The molecule has 4 N–H and O–H groups in total. The molecule has 3 heterocycles. The maximum atomic E-state index is 12.4. The summed E-state index contributed by atoms with van der Waals surface area (Å²) in [7, 11) is 0. The first-order valence-corrected chi connectivity index (χ1v) is 10.8. The van der Waals surface area contributed by atoms with Gasteiger partial charge in [0, 0.05) is 18.2 Å². The van der Waals surface area contributed by atoms with Gasteiger partial charge < -0.3 is 20.5 Å². The molecular formula is C21H22Cl2N6O4. The molecule has 2 aliphatic rings. The second-order valence-electron chi connectivity index (χ2n) is 8.33. The summed E-state index contributed by atoms with van der Waals surface area (Å²) < 4.78 is 11.6. The highest BCUT2D eigenvalue weighted by Crippen LogP contribution is 2.40. The van der Waals surface area contributed by atoms with Crippen molar-refractivity contribution in [1.29, 1.82) is 0 Å². The molecular weight excluding hydrogens is 471 g/mol. The molecule has 0 radical (unpaired) electrons. The number of carbonyl (C=O) groups excluding carboxylic acids is 1. The lowest BCUT2D eigenvalue weighted by Gasteiger charge is -2.35. The van der Waals surface area contributed by atoms with Crippen molar-refractivity contribution in [2.45, 2.75) is 38.2 Å². The van der Waals surface area contributed by atoms with Crippen molar-refractivity contribution < 1.29 is 14.3 Å². The number of H-pyrrole nitrogens is 1. The van der Waals surface area contributed by atoms with Gasteiger partial charge in [-0.3, -0.25) is 4.79 Å². The topological polar surface area (TPSA) is 135 Å². The summed E-state index contributed by atoms with van der Waals surface area (Å²) in [5, 5.41) is 14.1. The predicted octanol–water partition coefficient (Wildman–Crippen LogP) is 3.86. The molecule has 33 heavy (non-hydrogen) atoms. The zero-order valence-electron chi connectivity index (χ0n) is 17.9. The molecule has 1 aromatic heterocycles. The number of carbonyl (C=O) groups is 1. The Morgan fingerprint density at radius 2 is 1.97 bits per heavy atom. The minimum absolute atomic E-state index is 0.00754. The third-order valence-corrected chi connectivity index (χ3v) is 5.91. The van der Waals surface area contributed by atoms with Gasteiger partial charge in [0.25, 0.3) is 5.56 Å². The highest BCUT2D eigenvalue weighted by atomic mass is 35.5. The number of aromatic amines is 1. The van der Waals surface area contributed by atoms with Crippen molar-refractivity contribution in [2.24, 2.45) is 10.8 Å². The Kier molecular flexibility index (Phi) is 6.08. The fraction of sp³-hybridized carbons (Fsp3) is 0.333. The fourth-order valence-electron chi connectivity index (χ4n) is 3.76. The number of urea groups is 1. The van der Waals surface area contributed by atoms with Gasteiger partial charge in [-0.25, -0.2) is 9.89 Å². The number of nitrogens with zero attached hydrogens (tertiary/aromatic N) is 3. The SMILES string of the molecule is C=C1NC(=O)N(c2cc(Cl)c(Oc3cc(C4CCOC(C)(C)C4)c(=O)[nH]n3)c(Cl)c2)N=C1N. The van der Waals surface area contributed by atoms with Crippen LogP contribution in [-0.2, 0) is 4.74 Å². The lowest BCUT2D eigenvalue weighted by atomic mass is 9.84. The van der Waals surface area contributed by atoms with Crippen LogP contribution in [0.4, 0.5) is 10.5 Å². The minimum atomic E-state index is -0.568. The first-order valence-electron chi connectivity index (χ1n) is 10.1. The standard InChI is InChI=1S/C21H22Cl2N6O4/c1-10-18(24)28-29(20(31)25-10)12-6-14(22)17(15(23)7-12)33-16-8-13(19(30)27-26-16)11-4-5-32-21(2,3)9-11/h6-8,11H,1,4-5,9H2,2-3H3,(H2,24,28)(H,25,31)(H,27,30). The van der Waals surface area contributed by atoms with Crippen molar-refractivity contribution in [3.8, 4) is 11.6 Å². The molecule has 2 aliphatic heterocycles. The molecule has 12 heteroatoms. The van der Waals surface area contributed by atoms with E-state index in [9.17, 15) is 9.59 Å². The summed E-state index contributed by atoms with van der Waals surface area (Å²) in [4.78, 5) is 24.7. The molecule has 1 atom stereocenters. The Bertz CT molecular complexity index is 1200. The quantitative estimate of drug-likeness (QED) is 0.592. The normalized spacial score (nSPS) is 20.3. The van der Waals surface area contributed by atoms with Gasteiger partial charge in [0.15, 0.2) is 11.6 Å². The maximum absolute atomic E-state index is 12.4. The number of nitrogens with two attached hydrogens (primary N) is 1. The lowest BCUT2D eigenvalue weighted by molar-refractivity contribution is -0.0594. The van der Waals surface area contributed by atoms with Crippen LogP contribution in [0.5, 0.6) is 11.6 Å². The van der Waals surface area contributed by atoms with E-state index in [1.54, 1.807) is 6.07 Å². The van der Waals surface area contributed by atoms with Crippen LogP contribution in [0.3, 0.4) is 0 Å². The lowest BCUT2D eigenvalue weighted by Crippen LogP contribution is -2.45. The van der Waals surface area contributed by atoms with Gasteiger partial charge in [-0.2, -0.15) is 5.01 Å². The average molecular weight is 493 g/mol. The fourth-order valence-corrected chi connectivity index (χ4v) is 4.31. The second-order valence-corrected chi connectivity index (χ2v) is 9.15. The summed E-state index contributed by atoms with van der Waals surface area (Å²) in [6.45, 7) is 8.13. The molecule has 0 saturated carbocycles. The smallest absolute Gasteiger partial charge is 0.347 e. The monoisotopic (exact) mass is 492 g/mol. The number of hydrogen-bond donors (Lipinski definition) is 3. The van der Waals surface area contributed by atoms with Gasteiger partial charge in [-0.15, -0.1) is 10.2 Å². The maximum Gasteiger partial charge on any atom is 0.347 e. The largest absolute Gasteiger partial charge is 0.434 e. The number of aromatic nitrogens is 2. The van der Waals surface area contributed by atoms with Crippen molar-refractivity contribution in [2.75, 3.05) is 11.6 Å². The number of rotatable bonds is 4. The second kappa shape index (κ2) is 8.69. The molecule has 1 fully saturated rings. The molecule has 174 valence electrons. The van der Waals surface area contributed by atoms with Gasteiger partial charge in [-0.1, -0.05) is 29.8 Å². The van der Waals surface area contributed by atoms with E-state index in [1.807, 2.05) is 13.8 Å². The van der Waals surface area contributed by atoms with E-state index in [-0.39, 0.29) is 56.0 Å². The highest BCUT2D eigenvalue weighted by molar-refractivity contribution is 6.37. The van der Waals surface area contributed by atoms with Gasteiger partial charge in [0.2, 0.25) is 5.88 Å². The number of nitrogens with one attached hydrogen (secondary N) is 2. The number of amides is 2. The summed E-state index contributed by atoms with van der Waals surface area (Å²) in [6.07, 6.45) is 1.39. The molecule has 0 spiro atoms. The number of benzene rings is 1. The highest BCUT2D eigenvalue weighted by Gasteiger charge is 2.31. The van der Waals surface area contributed by atoms with Crippen molar-refractivity contribution in [1.82, 2.24) is 15.5 Å². The third-order valence-electron chi connectivity index (χ3n) is 5.35. The van der Waals surface area contributed by atoms with E-state index >= 15 is 0 Å². The van der Waals surface area contributed by atoms with Gasteiger partial charge in [-0.05, 0) is 44.7 Å². The third kappa shape index (κ3) is 4.82. The number of halogens is 2. The van der Waals surface area contributed by atoms with E-state index < -0.39 is 6.03 Å². The number of ether oxygens (including phenoxy) is 2. The molecule has 10 nitrogen and oxygen atoms in total. The number of hydrogen-bond acceptors (Lipinski definition) is 7. The average Bonchev–Trinajstić information content (AvgIpc) is 2.73. The summed E-state index contributed by atoms with van der Waals surface area (Å²) >= 11 is 12.8. The van der Waals surface area contributed by atoms with Crippen LogP contribution in [0.1, 0.15) is 38.2 Å². The van der Waals surface area contributed by atoms with Crippen LogP contribution in [-0.4, -0.2) is 34.3 Å².